The van der Waals surface area contributed by atoms with E-state index >= 15 is 0 Å². The van der Waals surface area contributed by atoms with Gasteiger partial charge in [-0.2, -0.15) is 5.10 Å². The second-order valence-electron chi connectivity index (χ2n) is 7.54. The van der Waals surface area contributed by atoms with Crippen LogP contribution in [0.5, 0.6) is 0 Å². The van der Waals surface area contributed by atoms with E-state index in [1.165, 1.54) is 0 Å². The van der Waals surface area contributed by atoms with Gasteiger partial charge in [0.05, 0.1) is 17.8 Å². The first-order chi connectivity index (χ1) is 13.3. The van der Waals surface area contributed by atoms with E-state index in [0.29, 0.717) is 18.1 Å². The molecule has 0 saturated heterocycles. The Bertz CT molecular complexity index is 960. The number of amides is 1. The number of carbonyl (C=O) groups is 1. The first-order valence-electron chi connectivity index (χ1n) is 9.15. The Hall–Kier alpha value is -2.63. The molecule has 0 fully saturated rings. The first kappa shape index (κ1) is 20.1. The number of aromatic nitrogens is 2. The van der Waals surface area contributed by atoms with E-state index in [4.69, 9.17) is 22.4 Å². The van der Waals surface area contributed by atoms with Crippen molar-refractivity contribution in [2.45, 2.75) is 32.5 Å². The Morgan fingerprint density at radius 1 is 1.11 bits per heavy atom. The van der Waals surface area contributed by atoms with E-state index < -0.39 is 5.54 Å². The molecule has 0 saturated carbocycles. The highest BCUT2D eigenvalue weighted by Crippen LogP contribution is 2.25. The zero-order valence-electron chi connectivity index (χ0n) is 16.4. The molecule has 2 N–H and O–H groups in total. The fraction of sp³-hybridized carbons (Fsp3) is 0.273. The van der Waals surface area contributed by atoms with Crippen LogP contribution < -0.4 is 5.73 Å². The molecule has 0 radical (unpaired) electrons. The summed E-state index contributed by atoms with van der Waals surface area (Å²) in [5, 5.41) is 5.49. The quantitative estimate of drug-likeness (QED) is 0.686. The largest absolute Gasteiger partial charge is 0.340 e. The number of nitrogens with two attached hydrogens (primary N) is 1. The number of hydrogen-bond donors (Lipinski definition) is 1. The van der Waals surface area contributed by atoms with Gasteiger partial charge in [0, 0.05) is 35.9 Å². The highest BCUT2D eigenvalue weighted by molar-refractivity contribution is 6.31. The molecule has 0 aliphatic heterocycles. The minimum atomic E-state index is -0.921. The smallest absolute Gasteiger partial charge is 0.242 e. The molecule has 5 nitrogen and oxygen atoms in total. The summed E-state index contributed by atoms with van der Waals surface area (Å²) in [4.78, 5) is 14.2. The van der Waals surface area contributed by atoms with E-state index in [-0.39, 0.29) is 5.91 Å². The molecular weight excluding hydrogens is 372 g/mol. The lowest BCUT2D eigenvalue weighted by atomic mass is 10.0. The molecule has 0 aliphatic rings. The Balaban J connectivity index is 1.94. The van der Waals surface area contributed by atoms with E-state index in [2.05, 4.69) is 0 Å². The lowest BCUT2D eigenvalue weighted by Crippen LogP contribution is -2.49. The third-order valence-electron chi connectivity index (χ3n) is 4.48. The Morgan fingerprint density at radius 2 is 1.75 bits per heavy atom. The van der Waals surface area contributed by atoms with Crippen molar-refractivity contribution >= 4 is 17.5 Å². The maximum absolute atomic E-state index is 12.5. The number of benzene rings is 2. The van der Waals surface area contributed by atoms with Crippen LogP contribution in [-0.4, -0.2) is 33.2 Å². The van der Waals surface area contributed by atoms with Crippen molar-refractivity contribution in [2.75, 3.05) is 7.05 Å². The summed E-state index contributed by atoms with van der Waals surface area (Å²) in [6.45, 7) is 4.40. The maximum atomic E-state index is 12.5. The summed E-state index contributed by atoms with van der Waals surface area (Å²) in [6.07, 6.45) is 1.97. The molecule has 146 valence electrons. The fourth-order valence-corrected chi connectivity index (χ4v) is 3.31. The van der Waals surface area contributed by atoms with Gasteiger partial charge in [0.15, 0.2) is 0 Å². The highest BCUT2D eigenvalue weighted by Gasteiger charge is 2.26. The normalized spacial score (nSPS) is 11.5. The lowest BCUT2D eigenvalue weighted by Gasteiger charge is -2.25. The fourth-order valence-electron chi connectivity index (χ4n) is 3.12. The van der Waals surface area contributed by atoms with Crippen molar-refractivity contribution in [3.8, 4) is 11.3 Å². The average Bonchev–Trinajstić information content (AvgIpc) is 3.05. The third kappa shape index (κ3) is 4.61. The molecule has 0 aliphatic carbocycles. The van der Waals surface area contributed by atoms with Crippen LogP contribution in [0.2, 0.25) is 5.02 Å². The van der Waals surface area contributed by atoms with Crippen molar-refractivity contribution in [1.29, 1.82) is 0 Å². The van der Waals surface area contributed by atoms with Crippen LogP contribution in [0.25, 0.3) is 11.3 Å². The highest BCUT2D eigenvalue weighted by atomic mass is 35.5. The van der Waals surface area contributed by atoms with Crippen molar-refractivity contribution < 1.29 is 4.79 Å². The van der Waals surface area contributed by atoms with Gasteiger partial charge in [-0.05, 0) is 25.5 Å². The second-order valence-corrected chi connectivity index (χ2v) is 7.95. The van der Waals surface area contributed by atoms with Gasteiger partial charge in [-0.3, -0.25) is 9.48 Å². The monoisotopic (exact) mass is 396 g/mol. The summed E-state index contributed by atoms with van der Waals surface area (Å²) in [6, 6.07) is 17.7. The standard InChI is InChI=1S/C22H25ClN4O/c1-22(2,24)21(28)26(3)13-18-15-27(14-17-11-7-8-12-19(17)23)25-20(18)16-9-5-4-6-10-16/h4-12,15H,13-14,24H2,1-3H3. The lowest BCUT2D eigenvalue weighted by molar-refractivity contribution is -0.134. The Morgan fingerprint density at radius 3 is 2.39 bits per heavy atom. The molecule has 0 unspecified atom stereocenters. The summed E-state index contributed by atoms with van der Waals surface area (Å²) < 4.78 is 1.87. The van der Waals surface area contributed by atoms with E-state index in [0.717, 1.165) is 22.4 Å². The number of halogens is 1. The van der Waals surface area contributed by atoms with Gasteiger partial charge in [-0.15, -0.1) is 0 Å². The number of nitrogens with zero attached hydrogens (tertiary/aromatic N) is 3. The molecule has 3 rings (SSSR count). The molecule has 0 bridgehead atoms. The van der Waals surface area contributed by atoms with Crippen molar-refractivity contribution in [1.82, 2.24) is 14.7 Å². The van der Waals surface area contributed by atoms with Gasteiger partial charge >= 0.3 is 0 Å². The van der Waals surface area contributed by atoms with Gasteiger partial charge in [0.1, 0.15) is 0 Å². The van der Waals surface area contributed by atoms with Crippen molar-refractivity contribution in [3.05, 3.63) is 76.9 Å². The first-order valence-corrected chi connectivity index (χ1v) is 9.53. The summed E-state index contributed by atoms with van der Waals surface area (Å²) >= 11 is 6.31. The van der Waals surface area contributed by atoms with E-state index in [9.17, 15) is 4.79 Å². The van der Waals surface area contributed by atoms with Crippen LogP contribution in [0.1, 0.15) is 25.0 Å². The Kier molecular flexibility index (Phi) is 5.87. The van der Waals surface area contributed by atoms with E-state index in [1.807, 2.05) is 65.5 Å². The zero-order chi connectivity index (χ0) is 20.3. The summed E-state index contributed by atoms with van der Waals surface area (Å²) in [5.74, 6) is -0.120. The molecule has 0 atom stereocenters. The predicted octanol–water partition coefficient (Wildman–Crippen LogP) is 3.95. The zero-order valence-corrected chi connectivity index (χ0v) is 17.1. The average molecular weight is 397 g/mol. The number of hydrogen-bond acceptors (Lipinski definition) is 3. The SMILES string of the molecule is CN(Cc1cn(Cc2ccccc2Cl)nc1-c1ccccc1)C(=O)C(C)(C)N. The van der Waals surface area contributed by atoms with Gasteiger partial charge in [-0.25, -0.2) is 0 Å². The third-order valence-corrected chi connectivity index (χ3v) is 4.85. The topological polar surface area (TPSA) is 64.2 Å². The molecule has 28 heavy (non-hydrogen) atoms. The predicted molar refractivity (Wildman–Crippen MR) is 113 cm³/mol. The Labute approximate surface area is 170 Å². The molecule has 1 amide bonds. The van der Waals surface area contributed by atoms with Crippen LogP contribution in [0.3, 0.4) is 0 Å². The van der Waals surface area contributed by atoms with Crippen LogP contribution in [0, 0.1) is 0 Å². The molecule has 3 aromatic rings. The molecule has 1 aromatic heterocycles. The van der Waals surface area contributed by atoms with Crippen LogP contribution in [0.15, 0.2) is 60.8 Å². The van der Waals surface area contributed by atoms with Crippen LogP contribution in [0.4, 0.5) is 0 Å². The molecule has 2 aromatic carbocycles. The second kappa shape index (κ2) is 8.17. The number of likely N-dealkylation sites (N-methyl/N-ethyl adjacent to an activating group) is 1. The van der Waals surface area contributed by atoms with Gasteiger partial charge in [0.25, 0.3) is 0 Å². The van der Waals surface area contributed by atoms with Crippen LogP contribution >= 0.6 is 11.6 Å². The van der Waals surface area contributed by atoms with Crippen molar-refractivity contribution in [2.24, 2.45) is 5.73 Å². The summed E-state index contributed by atoms with van der Waals surface area (Å²) in [7, 11) is 1.76. The number of rotatable bonds is 6. The minimum absolute atomic E-state index is 0.120. The molecule has 6 heteroatoms. The minimum Gasteiger partial charge on any atom is -0.340 e. The van der Waals surface area contributed by atoms with Gasteiger partial charge in [-0.1, -0.05) is 60.1 Å². The van der Waals surface area contributed by atoms with Crippen molar-refractivity contribution in [3.63, 3.8) is 0 Å². The van der Waals surface area contributed by atoms with Crippen LogP contribution in [-0.2, 0) is 17.9 Å². The molecular formula is C22H25ClN4O. The van der Waals surface area contributed by atoms with E-state index in [1.54, 1.807) is 25.8 Å². The molecule has 0 spiro atoms. The van der Waals surface area contributed by atoms with Gasteiger partial charge in [0.2, 0.25) is 5.91 Å². The van der Waals surface area contributed by atoms with Gasteiger partial charge < -0.3 is 10.6 Å². The maximum Gasteiger partial charge on any atom is 0.242 e. The summed E-state index contributed by atoms with van der Waals surface area (Å²) in [5.41, 5.74) is 8.86. The number of carbonyl (C=O) groups excluding carboxylic acids is 1. The molecule has 1 heterocycles.